The van der Waals surface area contributed by atoms with Gasteiger partial charge in [0.25, 0.3) is 0 Å². The summed E-state index contributed by atoms with van der Waals surface area (Å²) < 4.78 is 0. The molecule has 1 amide bonds. The van der Waals surface area contributed by atoms with E-state index in [0.29, 0.717) is 18.3 Å². The summed E-state index contributed by atoms with van der Waals surface area (Å²) >= 11 is 0. The Balaban J connectivity index is 2.26. The molecule has 2 rings (SSSR count). The molecule has 112 valence electrons. The number of carbonyl (C=O) groups is 1. The number of nitrogens with one attached hydrogen (secondary N) is 2. The van der Waals surface area contributed by atoms with Gasteiger partial charge in [0.15, 0.2) is 0 Å². The molecular formula is C15H21N5O. The Kier molecular flexibility index (Phi) is 4.92. The van der Waals surface area contributed by atoms with E-state index in [9.17, 15) is 4.79 Å². The number of para-hydroxylation sites is 1. The van der Waals surface area contributed by atoms with Crippen molar-refractivity contribution in [3.05, 3.63) is 24.3 Å². The average molecular weight is 287 g/mol. The third kappa shape index (κ3) is 3.59. The molecule has 0 radical (unpaired) electrons. The Morgan fingerprint density at radius 2 is 1.95 bits per heavy atom. The van der Waals surface area contributed by atoms with Gasteiger partial charge in [-0.05, 0) is 26.0 Å². The summed E-state index contributed by atoms with van der Waals surface area (Å²) in [6.45, 7) is 5.59. The van der Waals surface area contributed by atoms with Crippen molar-refractivity contribution in [2.75, 3.05) is 37.3 Å². The lowest BCUT2D eigenvalue weighted by molar-refractivity contribution is -0.127. The maximum atomic E-state index is 11.9. The molecule has 2 aromatic rings. The quantitative estimate of drug-likeness (QED) is 0.850. The second-order valence-electron chi connectivity index (χ2n) is 4.70. The highest BCUT2D eigenvalue weighted by Crippen LogP contribution is 2.21. The van der Waals surface area contributed by atoms with E-state index in [1.807, 2.05) is 38.1 Å². The summed E-state index contributed by atoms with van der Waals surface area (Å²) in [7, 11) is 1.78. The van der Waals surface area contributed by atoms with Crippen LogP contribution < -0.4 is 10.6 Å². The van der Waals surface area contributed by atoms with Gasteiger partial charge in [0.1, 0.15) is 5.82 Å². The van der Waals surface area contributed by atoms with Gasteiger partial charge in [-0.2, -0.15) is 4.98 Å². The highest BCUT2D eigenvalue weighted by atomic mass is 16.2. The summed E-state index contributed by atoms with van der Waals surface area (Å²) in [5, 5.41) is 7.13. The number of aromatic nitrogens is 2. The third-order valence-electron chi connectivity index (χ3n) is 3.25. The number of carbonyl (C=O) groups excluding carboxylic acids is 1. The smallest absolute Gasteiger partial charge is 0.241 e. The van der Waals surface area contributed by atoms with Gasteiger partial charge in [-0.3, -0.25) is 4.79 Å². The molecule has 6 nitrogen and oxygen atoms in total. The number of fused-ring (bicyclic) bond motifs is 1. The van der Waals surface area contributed by atoms with Gasteiger partial charge in [0.2, 0.25) is 11.9 Å². The highest BCUT2D eigenvalue weighted by molar-refractivity contribution is 5.91. The maximum absolute atomic E-state index is 11.9. The zero-order valence-corrected chi connectivity index (χ0v) is 12.7. The normalized spacial score (nSPS) is 10.4. The molecule has 1 aromatic carbocycles. The number of anilines is 2. The van der Waals surface area contributed by atoms with Crippen molar-refractivity contribution >= 4 is 28.6 Å². The van der Waals surface area contributed by atoms with Crippen LogP contribution in [0, 0.1) is 0 Å². The first-order valence-corrected chi connectivity index (χ1v) is 7.14. The molecule has 21 heavy (non-hydrogen) atoms. The van der Waals surface area contributed by atoms with Crippen LogP contribution in [0.15, 0.2) is 24.3 Å². The molecule has 6 heteroatoms. The highest BCUT2D eigenvalue weighted by Gasteiger charge is 2.10. The minimum Gasteiger partial charge on any atom is -0.360 e. The van der Waals surface area contributed by atoms with Crippen molar-refractivity contribution in [2.45, 2.75) is 13.8 Å². The van der Waals surface area contributed by atoms with Crippen LogP contribution in [-0.4, -0.2) is 47.5 Å². The maximum Gasteiger partial charge on any atom is 0.241 e. The number of hydrogen-bond donors (Lipinski definition) is 2. The van der Waals surface area contributed by atoms with E-state index in [4.69, 9.17) is 0 Å². The van der Waals surface area contributed by atoms with E-state index in [1.54, 1.807) is 11.9 Å². The Morgan fingerprint density at radius 3 is 2.67 bits per heavy atom. The first-order chi connectivity index (χ1) is 10.2. The summed E-state index contributed by atoms with van der Waals surface area (Å²) in [5.41, 5.74) is 0.849. The number of amides is 1. The number of benzene rings is 1. The van der Waals surface area contributed by atoms with E-state index >= 15 is 0 Å². The van der Waals surface area contributed by atoms with Crippen molar-refractivity contribution < 1.29 is 4.79 Å². The van der Waals surface area contributed by atoms with Gasteiger partial charge in [0.05, 0.1) is 12.1 Å². The fourth-order valence-corrected chi connectivity index (χ4v) is 1.92. The van der Waals surface area contributed by atoms with Crippen molar-refractivity contribution in [2.24, 2.45) is 0 Å². The number of nitrogens with zero attached hydrogens (tertiary/aromatic N) is 3. The third-order valence-corrected chi connectivity index (χ3v) is 3.25. The van der Waals surface area contributed by atoms with Crippen LogP contribution in [0.5, 0.6) is 0 Å². The summed E-state index contributed by atoms with van der Waals surface area (Å²) in [6, 6.07) is 7.75. The zero-order chi connectivity index (χ0) is 15.2. The zero-order valence-electron chi connectivity index (χ0n) is 12.7. The second-order valence-corrected chi connectivity index (χ2v) is 4.70. The standard InChI is InChI=1S/C15H21N5O/c1-4-16-15-18-12-9-7-6-8-11(12)14(19-15)17-10-13(21)20(3)5-2/h6-9H,4-5,10H2,1-3H3,(H2,16,17,18,19). The molecule has 2 N–H and O–H groups in total. The van der Waals surface area contributed by atoms with Crippen molar-refractivity contribution in [3.63, 3.8) is 0 Å². The van der Waals surface area contributed by atoms with Gasteiger partial charge in [-0.1, -0.05) is 12.1 Å². The predicted octanol–water partition coefficient (Wildman–Crippen LogP) is 1.95. The number of likely N-dealkylation sites (N-methyl/N-ethyl adjacent to an activating group) is 1. The van der Waals surface area contributed by atoms with Gasteiger partial charge >= 0.3 is 0 Å². The molecule has 0 spiro atoms. The van der Waals surface area contributed by atoms with Gasteiger partial charge in [-0.25, -0.2) is 4.98 Å². The summed E-state index contributed by atoms with van der Waals surface area (Å²) in [6.07, 6.45) is 0. The van der Waals surface area contributed by atoms with Crippen LogP contribution >= 0.6 is 0 Å². The summed E-state index contributed by atoms with van der Waals surface area (Å²) in [5.74, 6) is 1.27. The second kappa shape index (κ2) is 6.88. The van der Waals surface area contributed by atoms with Crippen molar-refractivity contribution in [3.8, 4) is 0 Å². The summed E-state index contributed by atoms with van der Waals surface area (Å²) in [4.78, 5) is 22.5. The lowest BCUT2D eigenvalue weighted by Crippen LogP contribution is -2.32. The van der Waals surface area contributed by atoms with E-state index in [0.717, 1.165) is 17.4 Å². The molecule has 0 aliphatic heterocycles. The van der Waals surface area contributed by atoms with Crippen LogP contribution in [0.1, 0.15) is 13.8 Å². The van der Waals surface area contributed by atoms with Crippen LogP contribution in [0.4, 0.5) is 11.8 Å². The van der Waals surface area contributed by atoms with Crippen LogP contribution in [0.25, 0.3) is 10.9 Å². The molecule has 1 heterocycles. The first-order valence-electron chi connectivity index (χ1n) is 7.14. The molecular weight excluding hydrogens is 266 g/mol. The molecule has 0 unspecified atom stereocenters. The van der Waals surface area contributed by atoms with Crippen molar-refractivity contribution in [1.29, 1.82) is 0 Å². The SMILES string of the molecule is CCNc1nc(NCC(=O)N(C)CC)c2ccccc2n1. The minimum absolute atomic E-state index is 0.0326. The van der Waals surface area contributed by atoms with E-state index in [1.165, 1.54) is 0 Å². The molecule has 1 aromatic heterocycles. The fraction of sp³-hybridized carbons (Fsp3) is 0.400. The molecule has 0 atom stereocenters. The molecule has 0 bridgehead atoms. The minimum atomic E-state index is 0.0326. The molecule has 0 saturated carbocycles. The van der Waals surface area contributed by atoms with Gasteiger partial charge in [-0.15, -0.1) is 0 Å². The Morgan fingerprint density at radius 1 is 1.19 bits per heavy atom. The number of hydrogen-bond acceptors (Lipinski definition) is 5. The van der Waals surface area contributed by atoms with E-state index < -0.39 is 0 Å². The van der Waals surface area contributed by atoms with Crippen LogP contribution in [-0.2, 0) is 4.79 Å². The van der Waals surface area contributed by atoms with Crippen molar-refractivity contribution in [1.82, 2.24) is 14.9 Å². The Bertz CT molecular complexity index is 628. The number of rotatable bonds is 6. The monoisotopic (exact) mass is 287 g/mol. The average Bonchev–Trinajstić information content (AvgIpc) is 2.51. The lowest BCUT2D eigenvalue weighted by Gasteiger charge is -2.16. The molecule has 0 aliphatic carbocycles. The molecule has 0 saturated heterocycles. The Labute approximate surface area is 124 Å². The van der Waals surface area contributed by atoms with E-state index in [2.05, 4.69) is 20.6 Å². The Hall–Kier alpha value is -2.37. The molecule has 0 aliphatic rings. The van der Waals surface area contributed by atoms with Crippen LogP contribution in [0.3, 0.4) is 0 Å². The largest absolute Gasteiger partial charge is 0.360 e. The predicted molar refractivity (Wildman–Crippen MR) is 85.5 cm³/mol. The van der Waals surface area contributed by atoms with E-state index in [-0.39, 0.29) is 12.5 Å². The fourth-order valence-electron chi connectivity index (χ4n) is 1.92. The first kappa shape index (κ1) is 15.0. The van der Waals surface area contributed by atoms with Gasteiger partial charge < -0.3 is 15.5 Å². The van der Waals surface area contributed by atoms with Crippen LogP contribution in [0.2, 0.25) is 0 Å². The topological polar surface area (TPSA) is 70.2 Å². The lowest BCUT2D eigenvalue weighted by atomic mass is 10.2. The van der Waals surface area contributed by atoms with Gasteiger partial charge in [0, 0.05) is 25.5 Å². The molecule has 0 fully saturated rings.